The van der Waals surface area contributed by atoms with Crippen LogP contribution in [0.25, 0.3) is 0 Å². The number of nitrogens with zero attached hydrogens (tertiary/aromatic N) is 1. The molecule has 3 rings (SSSR count). The van der Waals surface area contributed by atoms with Gasteiger partial charge in [0.05, 0.1) is 37.3 Å². The van der Waals surface area contributed by atoms with E-state index < -0.39 is 45.3 Å². The summed E-state index contributed by atoms with van der Waals surface area (Å²) < 4.78 is 48.7. The molecule has 0 bridgehead atoms. The molecule has 0 aromatic heterocycles. The summed E-state index contributed by atoms with van der Waals surface area (Å²) >= 11 is -1.43. The molecule has 0 amide bonds. The zero-order chi connectivity index (χ0) is 25.7. The maximum atomic E-state index is 14.3. The van der Waals surface area contributed by atoms with Crippen LogP contribution >= 0.6 is 0 Å². The normalized spacial score (nSPS) is 18.6. The Bertz CT molecular complexity index is 1000. The first-order chi connectivity index (χ1) is 16.5. The van der Waals surface area contributed by atoms with Crippen LogP contribution in [0.5, 0.6) is 0 Å². The number of nitriles is 1. The third-order valence-electron chi connectivity index (χ3n) is 6.08. The second-order valence-corrected chi connectivity index (χ2v) is 12.3. The summed E-state index contributed by atoms with van der Waals surface area (Å²) in [4.78, 5) is 0. The van der Waals surface area contributed by atoms with Gasteiger partial charge in [0, 0.05) is 23.3 Å². The van der Waals surface area contributed by atoms with Crippen LogP contribution in [0.3, 0.4) is 0 Å². The van der Waals surface area contributed by atoms with Crippen molar-refractivity contribution >= 4 is 11.4 Å². The minimum Gasteiger partial charge on any atom is -0.598 e. The van der Waals surface area contributed by atoms with Crippen LogP contribution < -0.4 is 4.72 Å². The molecule has 190 valence electrons. The average Bonchev–Trinajstić information content (AvgIpc) is 3.32. The van der Waals surface area contributed by atoms with Crippen LogP contribution in [0.1, 0.15) is 52.2 Å². The summed E-state index contributed by atoms with van der Waals surface area (Å²) in [6.07, 6.45) is -0.486. The van der Waals surface area contributed by atoms with Crippen molar-refractivity contribution in [2.24, 2.45) is 5.41 Å². The van der Waals surface area contributed by atoms with Crippen molar-refractivity contribution in [2.75, 3.05) is 13.2 Å². The predicted octanol–water partition coefficient (Wildman–Crippen LogP) is 4.97. The standard InChI is InChI=1S/C27H35FN2O4S/c1-25(2,3)35(31)30-23(26(4,5)19-29)17-24(32-18-20-10-7-6-8-11-20)27(33-14-15-34-27)21-12-9-13-22(28)16-21/h6-13,16,23-24,30H,14-15,17-18H2,1-5H3/t23-,24+,35+/m1/s1. The van der Waals surface area contributed by atoms with E-state index in [0.717, 1.165) is 5.56 Å². The molecule has 1 N–H and O–H groups in total. The maximum Gasteiger partial charge on any atom is 0.222 e. The Balaban J connectivity index is 2.01. The van der Waals surface area contributed by atoms with Crippen LogP contribution in [0.15, 0.2) is 54.6 Å². The molecule has 0 aliphatic carbocycles. The number of nitrogens with one attached hydrogen (secondary N) is 1. The van der Waals surface area contributed by atoms with Crippen molar-refractivity contribution in [1.82, 2.24) is 4.72 Å². The van der Waals surface area contributed by atoms with Crippen LogP contribution in [0.4, 0.5) is 4.39 Å². The number of ether oxygens (including phenoxy) is 3. The minimum absolute atomic E-state index is 0.242. The highest BCUT2D eigenvalue weighted by atomic mass is 32.2. The molecule has 0 saturated carbocycles. The highest BCUT2D eigenvalue weighted by Gasteiger charge is 2.50. The highest BCUT2D eigenvalue weighted by Crippen LogP contribution is 2.41. The van der Waals surface area contributed by atoms with Gasteiger partial charge in [-0.3, -0.25) is 0 Å². The summed E-state index contributed by atoms with van der Waals surface area (Å²) in [5, 5.41) is 9.94. The van der Waals surface area contributed by atoms with Gasteiger partial charge >= 0.3 is 0 Å². The van der Waals surface area contributed by atoms with E-state index >= 15 is 0 Å². The molecule has 1 aliphatic rings. The summed E-state index contributed by atoms with van der Waals surface area (Å²) in [7, 11) is 0. The highest BCUT2D eigenvalue weighted by molar-refractivity contribution is 7.90. The van der Waals surface area contributed by atoms with E-state index in [9.17, 15) is 14.2 Å². The Morgan fingerprint density at radius 3 is 2.34 bits per heavy atom. The molecule has 1 heterocycles. The van der Waals surface area contributed by atoms with Crippen molar-refractivity contribution < 1.29 is 23.2 Å². The van der Waals surface area contributed by atoms with E-state index in [0.29, 0.717) is 18.8 Å². The lowest BCUT2D eigenvalue weighted by molar-refractivity contribution is -0.249. The van der Waals surface area contributed by atoms with Gasteiger partial charge in [0.15, 0.2) is 0 Å². The van der Waals surface area contributed by atoms with Gasteiger partial charge in [-0.2, -0.15) is 5.26 Å². The van der Waals surface area contributed by atoms with Gasteiger partial charge in [-0.25, -0.2) is 4.39 Å². The van der Waals surface area contributed by atoms with Crippen molar-refractivity contribution in [3.05, 3.63) is 71.5 Å². The number of halogens is 1. The monoisotopic (exact) mass is 502 g/mol. The van der Waals surface area contributed by atoms with Gasteiger partial charge in [-0.1, -0.05) is 42.5 Å². The van der Waals surface area contributed by atoms with Crippen LogP contribution in [-0.2, 0) is 38.0 Å². The van der Waals surface area contributed by atoms with Gasteiger partial charge in [0.25, 0.3) is 0 Å². The zero-order valence-corrected chi connectivity index (χ0v) is 21.9. The Hall–Kier alpha value is -1.99. The molecule has 2 aromatic rings. The van der Waals surface area contributed by atoms with E-state index in [2.05, 4.69) is 10.8 Å². The maximum absolute atomic E-state index is 14.3. The summed E-state index contributed by atoms with van der Waals surface area (Å²) in [6, 6.07) is 17.6. The summed E-state index contributed by atoms with van der Waals surface area (Å²) in [6.45, 7) is 10.1. The molecule has 1 fully saturated rings. The third kappa shape index (κ3) is 6.82. The van der Waals surface area contributed by atoms with Crippen molar-refractivity contribution in [3.63, 3.8) is 0 Å². The van der Waals surface area contributed by atoms with Gasteiger partial charge in [-0.05, 0) is 52.3 Å². The molecule has 35 heavy (non-hydrogen) atoms. The van der Waals surface area contributed by atoms with Crippen LogP contribution in [-0.4, -0.2) is 34.7 Å². The Kier molecular flexibility index (Phi) is 8.97. The average molecular weight is 503 g/mol. The van der Waals surface area contributed by atoms with Crippen molar-refractivity contribution in [3.8, 4) is 6.07 Å². The van der Waals surface area contributed by atoms with Crippen molar-refractivity contribution in [1.29, 1.82) is 5.26 Å². The molecule has 8 heteroatoms. The molecule has 1 aliphatic heterocycles. The van der Waals surface area contributed by atoms with E-state index in [1.165, 1.54) is 12.1 Å². The van der Waals surface area contributed by atoms with Gasteiger partial charge in [-0.15, -0.1) is 4.72 Å². The molecule has 1 saturated heterocycles. The molecule has 0 spiro atoms. The lowest BCUT2D eigenvalue weighted by Gasteiger charge is -2.40. The number of hydrogen-bond acceptors (Lipinski definition) is 6. The quantitative estimate of drug-likeness (QED) is 0.462. The lowest BCUT2D eigenvalue weighted by atomic mass is 9.81. The van der Waals surface area contributed by atoms with E-state index in [1.807, 2.05) is 51.1 Å². The SMILES string of the molecule is CC(C)(C#N)[C@@H](C[C@H](OCc1ccccc1)C1(c2cccc(F)c2)OCCO1)N[S@@+]([O-])C(C)(C)C. The fourth-order valence-corrected chi connectivity index (χ4v) is 4.87. The van der Waals surface area contributed by atoms with Gasteiger partial charge < -0.3 is 18.8 Å². The molecule has 0 unspecified atom stereocenters. The fraction of sp³-hybridized carbons (Fsp3) is 0.519. The molecular weight excluding hydrogens is 467 g/mol. The second-order valence-electron chi connectivity index (χ2n) is 10.3. The molecular formula is C27H35FN2O4S. The second kappa shape index (κ2) is 11.4. The molecule has 3 atom stereocenters. The number of benzene rings is 2. The summed E-state index contributed by atoms with van der Waals surface area (Å²) in [5.41, 5.74) is 0.558. The fourth-order valence-electron chi connectivity index (χ4n) is 3.86. The number of hydrogen-bond donors (Lipinski definition) is 1. The largest absolute Gasteiger partial charge is 0.598 e. The number of rotatable bonds is 10. The lowest BCUT2D eigenvalue weighted by Crippen LogP contribution is -2.54. The van der Waals surface area contributed by atoms with Gasteiger partial charge in [0.1, 0.15) is 16.7 Å². The predicted molar refractivity (Wildman–Crippen MR) is 134 cm³/mol. The van der Waals surface area contributed by atoms with Crippen LogP contribution in [0.2, 0.25) is 0 Å². The topological polar surface area (TPSA) is 86.6 Å². The van der Waals surface area contributed by atoms with Crippen molar-refractivity contribution in [2.45, 2.75) is 70.3 Å². The Morgan fingerprint density at radius 1 is 1.11 bits per heavy atom. The smallest absolute Gasteiger partial charge is 0.222 e. The first-order valence-corrected chi connectivity index (χ1v) is 12.9. The Labute approximate surface area is 211 Å². The Morgan fingerprint density at radius 2 is 1.77 bits per heavy atom. The van der Waals surface area contributed by atoms with Crippen LogP contribution in [0, 0.1) is 22.6 Å². The third-order valence-corrected chi connectivity index (χ3v) is 7.69. The van der Waals surface area contributed by atoms with E-state index in [-0.39, 0.29) is 13.0 Å². The zero-order valence-electron chi connectivity index (χ0n) is 21.0. The molecule has 0 radical (unpaired) electrons. The van der Waals surface area contributed by atoms with E-state index in [4.69, 9.17) is 14.2 Å². The minimum atomic E-state index is -1.43. The van der Waals surface area contributed by atoms with E-state index in [1.54, 1.807) is 26.0 Å². The molecule has 6 nitrogen and oxygen atoms in total. The first kappa shape index (κ1) is 27.6. The summed E-state index contributed by atoms with van der Waals surface area (Å²) in [5.74, 6) is -1.78. The first-order valence-electron chi connectivity index (χ1n) is 11.8. The van der Waals surface area contributed by atoms with Gasteiger partial charge in [0.2, 0.25) is 5.79 Å². The molecule has 2 aromatic carbocycles.